The molecule has 0 aliphatic heterocycles. The topological polar surface area (TPSA) is 66.8 Å². The summed E-state index contributed by atoms with van der Waals surface area (Å²) in [6.45, 7) is 3.38. The van der Waals surface area contributed by atoms with Crippen LogP contribution in [0.2, 0.25) is 0 Å². The molecule has 4 nitrogen and oxygen atoms in total. The Bertz CT molecular complexity index is 350. The summed E-state index contributed by atoms with van der Waals surface area (Å²) in [5.74, 6) is 1.43. The molecule has 4 aliphatic carbocycles. The minimum Gasteiger partial charge on any atom is -0.456 e. The lowest BCUT2D eigenvalue weighted by atomic mass is 9.54. The molecule has 4 heteroatoms. The zero-order valence-corrected chi connectivity index (χ0v) is 10.5. The van der Waals surface area contributed by atoms with Crippen LogP contribution in [-0.4, -0.2) is 28.1 Å². The summed E-state index contributed by atoms with van der Waals surface area (Å²) in [7, 11) is 0. The van der Waals surface area contributed by atoms with Gasteiger partial charge in [0, 0.05) is 0 Å². The van der Waals surface area contributed by atoms with Crippen molar-refractivity contribution in [3.05, 3.63) is 12.2 Å². The Balaban J connectivity index is 1.72. The van der Waals surface area contributed by atoms with E-state index in [1.54, 1.807) is 0 Å². The molecule has 4 saturated carbocycles. The van der Waals surface area contributed by atoms with Crippen LogP contribution >= 0.6 is 0 Å². The van der Waals surface area contributed by atoms with Gasteiger partial charge in [-0.15, -0.1) is 0 Å². The maximum absolute atomic E-state index is 11.8. The number of esters is 1. The molecule has 0 heterocycles. The Kier molecular flexibility index (Phi) is 2.75. The molecule has 0 amide bonds. The number of ether oxygens (including phenoxy) is 1. The van der Waals surface area contributed by atoms with E-state index in [4.69, 9.17) is 14.9 Å². The first-order chi connectivity index (χ1) is 8.47. The molecule has 0 radical (unpaired) electrons. The minimum atomic E-state index is -1.81. The van der Waals surface area contributed by atoms with E-state index < -0.39 is 12.3 Å². The van der Waals surface area contributed by atoms with Crippen molar-refractivity contribution in [3.8, 4) is 0 Å². The van der Waals surface area contributed by atoms with E-state index in [0.717, 1.165) is 19.3 Å². The maximum Gasteiger partial charge on any atom is 0.339 e. The van der Waals surface area contributed by atoms with E-state index >= 15 is 0 Å². The molecule has 4 aliphatic rings. The van der Waals surface area contributed by atoms with Crippen molar-refractivity contribution >= 4 is 5.97 Å². The van der Waals surface area contributed by atoms with Crippen LogP contribution in [0.25, 0.3) is 0 Å². The molecule has 4 bridgehead atoms. The molecule has 0 aromatic carbocycles. The smallest absolute Gasteiger partial charge is 0.339 e. The van der Waals surface area contributed by atoms with E-state index in [-0.39, 0.29) is 11.2 Å². The molecule has 100 valence electrons. The van der Waals surface area contributed by atoms with Crippen LogP contribution in [-0.2, 0) is 9.53 Å². The Labute approximate surface area is 107 Å². The third kappa shape index (κ3) is 1.97. The molecule has 0 saturated heterocycles. The van der Waals surface area contributed by atoms with Crippen molar-refractivity contribution < 1.29 is 19.7 Å². The van der Waals surface area contributed by atoms with Gasteiger partial charge >= 0.3 is 5.97 Å². The number of hydrogen-bond donors (Lipinski definition) is 2. The standard InChI is InChI=1S/C14H20O4/c1-8(12(15)16)13(17)18-14-5-9-2-10(6-14)4-11(3-9)7-14/h9-12,15-16H,1-7H2. The normalized spacial score (nSPS) is 41.2. The average Bonchev–Trinajstić information content (AvgIpc) is 2.24. The van der Waals surface area contributed by atoms with Crippen LogP contribution in [0.3, 0.4) is 0 Å². The van der Waals surface area contributed by atoms with E-state index in [1.807, 2.05) is 0 Å². The Morgan fingerprint density at radius 2 is 1.56 bits per heavy atom. The molecule has 0 spiro atoms. The molecular weight excluding hydrogens is 232 g/mol. The SMILES string of the molecule is C=C(C(=O)OC12CC3CC(CC(C3)C1)C2)C(O)O. The Morgan fingerprint density at radius 1 is 1.11 bits per heavy atom. The second-order valence-corrected chi connectivity index (χ2v) is 6.39. The number of hydrogen-bond acceptors (Lipinski definition) is 4. The van der Waals surface area contributed by atoms with Crippen LogP contribution in [0.1, 0.15) is 38.5 Å². The van der Waals surface area contributed by atoms with E-state index in [1.165, 1.54) is 19.3 Å². The summed E-state index contributed by atoms with van der Waals surface area (Å²) in [6, 6.07) is 0. The average molecular weight is 252 g/mol. The van der Waals surface area contributed by atoms with Gasteiger partial charge in [-0.25, -0.2) is 4.79 Å². The number of carbonyl (C=O) groups is 1. The third-order valence-electron chi connectivity index (χ3n) is 4.87. The fraction of sp³-hybridized carbons (Fsp3) is 0.786. The fourth-order valence-electron chi connectivity index (χ4n) is 4.52. The zero-order valence-electron chi connectivity index (χ0n) is 10.5. The van der Waals surface area contributed by atoms with Crippen molar-refractivity contribution in [2.75, 3.05) is 0 Å². The van der Waals surface area contributed by atoms with E-state index in [0.29, 0.717) is 17.8 Å². The van der Waals surface area contributed by atoms with Gasteiger partial charge in [0.2, 0.25) is 0 Å². The predicted molar refractivity (Wildman–Crippen MR) is 64.4 cm³/mol. The first-order valence-corrected chi connectivity index (χ1v) is 6.76. The van der Waals surface area contributed by atoms with Crippen molar-refractivity contribution in [1.82, 2.24) is 0 Å². The summed E-state index contributed by atoms with van der Waals surface area (Å²) in [5, 5.41) is 17.9. The van der Waals surface area contributed by atoms with Crippen LogP contribution in [0.15, 0.2) is 12.2 Å². The van der Waals surface area contributed by atoms with Crippen molar-refractivity contribution in [1.29, 1.82) is 0 Å². The summed E-state index contributed by atoms with van der Waals surface area (Å²) < 4.78 is 5.62. The monoisotopic (exact) mass is 252 g/mol. The molecule has 0 atom stereocenters. The molecule has 18 heavy (non-hydrogen) atoms. The summed E-state index contributed by atoms with van der Waals surface area (Å²) in [6.07, 6.45) is 4.85. The molecule has 0 unspecified atom stereocenters. The molecule has 0 aromatic rings. The molecule has 0 aromatic heterocycles. The van der Waals surface area contributed by atoms with Gasteiger partial charge in [0.05, 0.1) is 5.57 Å². The van der Waals surface area contributed by atoms with E-state index in [9.17, 15) is 4.79 Å². The van der Waals surface area contributed by atoms with Crippen LogP contribution in [0.4, 0.5) is 0 Å². The largest absolute Gasteiger partial charge is 0.456 e. The highest BCUT2D eigenvalue weighted by Crippen LogP contribution is 2.57. The predicted octanol–water partition coefficient (Wildman–Crippen LogP) is 1.37. The highest BCUT2D eigenvalue weighted by molar-refractivity contribution is 5.88. The van der Waals surface area contributed by atoms with Crippen molar-refractivity contribution in [2.24, 2.45) is 17.8 Å². The van der Waals surface area contributed by atoms with Gasteiger partial charge in [0.25, 0.3) is 0 Å². The first kappa shape index (κ1) is 12.2. The molecule has 4 fully saturated rings. The van der Waals surface area contributed by atoms with Gasteiger partial charge in [-0.05, 0) is 56.3 Å². The Morgan fingerprint density at radius 3 is 1.94 bits per heavy atom. The number of rotatable bonds is 3. The highest BCUT2D eigenvalue weighted by atomic mass is 16.6. The second kappa shape index (κ2) is 4.07. The quantitative estimate of drug-likeness (QED) is 0.452. The minimum absolute atomic E-state index is 0.259. The van der Waals surface area contributed by atoms with Gasteiger partial charge in [-0.2, -0.15) is 0 Å². The van der Waals surface area contributed by atoms with Gasteiger partial charge in [-0.3, -0.25) is 0 Å². The lowest BCUT2D eigenvalue weighted by Gasteiger charge is -2.55. The molecule has 2 N–H and O–H groups in total. The van der Waals surface area contributed by atoms with Crippen molar-refractivity contribution in [3.63, 3.8) is 0 Å². The van der Waals surface area contributed by atoms with Gasteiger partial charge < -0.3 is 14.9 Å². The lowest BCUT2D eigenvalue weighted by molar-refractivity contribution is -0.184. The zero-order chi connectivity index (χ0) is 12.9. The summed E-state index contributed by atoms with van der Waals surface area (Å²) >= 11 is 0. The first-order valence-electron chi connectivity index (χ1n) is 6.76. The summed E-state index contributed by atoms with van der Waals surface area (Å²) in [5.41, 5.74) is -0.602. The number of carbonyl (C=O) groups excluding carboxylic acids is 1. The number of aliphatic hydroxyl groups excluding tert-OH is 1. The van der Waals surface area contributed by atoms with Crippen molar-refractivity contribution in [2.45, 2.75) is 50.4 Å². The van der Waals surface area contributed by atoms with Crippen LogP contribution < -0.4 is 0 Å². The molecular formula is C14H20O4. The second-order valence-electron chi connectivity index (χ2n) is 6.39. The highest BCUT2D eigenvalue weighted by Gasteiger charge is 2.53. The summed E-state index contributed by atoms with van der Waals surface area (Å²) in [4.78, 5) is 11.8. The van der Waals surface area contributed by atoms with Crippen LogP contribution in [0, 0.1) is 17.8 Å². The van der Waals surface area contributed by atoms with Gasteiger partial charge in [0.15, 0.2) is 6.29 Å². The third-order valence-corrected chi connectivity index (χ3v) is 4.87. The van der Waals surface area contributed by atoms with Crippen LogP contribution in [0.5, 0.6) is 0 Å². The fourth-order valence-corrected chi connectivity index (χ4v) is 4.52. The lowest BCUT2D eigenvalue weighted by Crippen LogP contribution is -2.53. The van der Waals surface area contributed by atoms with Gasteiger partial charge in [0.1, 0.15) is 5.60 Å². The maximum atomic E-state index is 11.8. The van der Waals surface area contributed by atoms with Gasteiger partial charge in [-0.1, -0.05) is 6.58 Å². The Hall–Kier alpha value is -0.870. The number of aliphatic hydroxyl groups is 2. The van der Waals surface area contributed by atoms with E-state index in [2.05, 4.69) is 6.58 Å². The molecule has 4 rings (SSSR count).